The van der Waals surface area contributed by atoms with Gasteiger partial charge in [-0.25, -0.2) is 19.2 Å². The highest BCUT2D eigenvalue weighted by molar-refractivity contribution is 9.10. The number of benzene rings is 1. The fourth-order valence-corrected chi connectivity index (χ4v) is 1.78. The van der Waals surface area contributed by atoms with Crippen molar-refractivity contribution in [1.82, 2.24) is 9.97 Å². The van der Waals surface area contributed by atoms with Gasteiger partial charge in [-0.15, -0.1) is 0 Å². The number of methoxy groups -OCH3 is 1. The Morgan fingerprint density at radius 2 is 2.16 bits per heavy atom. The first-order chi connectivity index (χ1) is 9.10. The van der Waals surface area contributed by atoms with E-state index in [1.165, 1.54) is 31.6 Å². The van der Waals surface area contributed by atoms with Crippen LogP contribution in [0.2, 0.25) is 0 Å². The molecule has 0 atom stereocenters. The molecule has 7 heteroatoms. The number of nitrogens with one attached hydrogen (secondary N) is 1. The molecule has 0 radical (unpaired) electrons. The molecular weight excluding hydrogens is 317 g/mol. The first-order valence-corrected chi connectivity index (χ1v) is 6.02. The number of ether oxygens (including phenoxy) is 1. The second-order valence-electron chi connectivity index (χ2n) is 3.53. The minimum absolute atomic E-state index is 0.117. The van der Waals surface area contributed by atoms with Crippen LogP contribution in [-0.4, -0.2) is 23.0 Å². The van der Waals surface area contributed by atoms with Crippen LogP contribution in [0.15, 0.2) is 35.1 Å². The number of hydrogen-bond donors (Lipinski definition) is 1. The summed E-state index contributed by atoms with van der Waals surface area (Å²) >= 11 is 3.23. The van der Waals surface area contributed by atoms with Crippen LogP contribution in [0.3, 0.4) is 0 Å². The summed E-state index contributed by atoms with van der Waals surface area (Å²) in [5.41, 5.74) is 0.757. The number of hydrogen-bond acceptors (Lipinski definition) is 5. The molecule has 1 N–H and O–H groups in total. The van der Waals surface area contributed by atoms with Crippen LogP contribution in [0.4, 0.5) is 15.9 Å². The van der Waals surface area contributed by atoms with Crippen LogP contribution in [0, 0.1) is 5.82 Å². The Morgan fingerprint density at radius 3 is 2.74 bits per heavy atom. The maximum atomic E-state index is 12.9. The summed E-state index contributed by atoms with van der Waals surface area (Å²) in [7, 11) is 1.27. The van der Waals surface area contributed by atoms with Crippen molar-refractivity contribution < 1.29 is 13.9 Å². The molecule has 0 spiro atoms. The van der Waals surface area contributed by atoms with Crippen molar-refractivity contribution in [2.45, 2.75) is 0 Å². The summed E-state index contributed by atoms with van der Waals surface area (Å²) in [6.07, 6.45) is 2.69. The van der Waals surface area contributed by atoms with Crippen LogP contribution in [0.5, 0.6) is 0 Å². The molecule has 1 heterocycles. The zero-order valence-corrected chi connectivity index (χ0v) is 11.4. The quantitative estimate of drug-likeness (QED) is 0.879. The minimum atomic E-state index is -0.554. The van der Waals surface area contributed by atoms with Crippen molar-refractivity contribution in [2.75, 3.05) is 12.4 Å². The van der Waals surface area contributed by atoms with E-state index in [0.717, 1.165) is 0 Å². The van der Waals surface area contributed by atoms with Gasteiger partial charge in [0.2, 0.25) is 0 Å². The van der Waals surface area contributed by atoms with Crippen molar-refractivity contribution in [3.8, 4) is 0 Å². The first kappa shape index (κ1) is 13.4. The Bertz CT molecular complexity index is 604. The van der Waals surface area contributed by atoms with E-state index in [1.54, 1.807) is 6.07 Å². The number of nitrogens with zero attached hydrogens (tertiary/aromatic N) is 2. The number of anilines is 2. The molecule has 0 fully saturated rings. The van der Waals surface area contributed by atoms with E-state index in [4.69, 9.17) is 0 Å². The lowest BCUT2D eigenvalue weighted by Crippen LogP contribution is -2.05. The molecule has 0 aliphatic carbocycles. The fourth-order valence-electron chi connectivity index (χ4n) is 1.33. The van der Waals surface area contributed by atoms with E-state index in [0.29, 0.717) is 16.0 Å². The van der Waals surface area contributed by atoms with Gasteiger partial charge < -0.3 is 10.1 Å². The molecule has 5 nitrogen and oxygen atoms in total. The molecule has 98 valence electrons. The number of halogens is 2. The monoisotopic (exact) mass is 325 g/mol. The highest BCUT2D eigenvalue weighted by Gasteiger charge is 2.08. The van der Waals surface area contributed by atoms with Gasteiger partial charge in [0.25, 0.3) is 0 Å². The van der Waals surface area contributed by atoms with Gasteiger partial charge in [-0.2, -0.15) is 0 Å². The Balaban J connectivity index is 2.17. The normalized spacial score (nSPS) is 10.1. The number of carbonyl (C=O) groups is 1. The van der Waals surface area contributed by atoms with Gasteiger partial charge in [0.05, 0.1) is 25.2 Å². The highest BCUT2D eigenvalue weighted by Crippen LogP contribution is 2.25. The van der Waals surface area contributed by atoms with E-state index < -0.39 is 5.97 Å². The van der Waals surface area contributed by atoms with E-state index in [9.17, 15) is 9.18 Å². The largest absolute Gasteiger partial charge is 0.464 e. The van der Waals surface area contributed by atoms with Gasteiger partial charge in [-0.3, -0.25) is 0 Å². The van der Waals surface area contributed by atoms with Crippen molar-refractivity contribution in [3.63, 3.8) is 0 Å². The predicted octanol–water partition coefficient (Wildman–Crippen LogP) is 2.91. The second-order valence-corrected chi connectivity index (χ2v) is 4.38. The van der Waals surface area contributed by atoms with Crippen molar-refractivity contribution in [1.29, 1.82) is 0 Å². The summed E-state index contributed by atoms with van der Waals surface area (Å²) in [6, 6.07) is 4.22. The Kier molecular flexibility index (Phi) is 4.06. The summed E-state index contributed by atoms with van der Waals surface area (Å²) in [5, 5.41) is 2.94. The molecule has 19 heavy (non-hydrogen) atoms. The molecule has 0 amide bonds. The Labute approximate surface area is 117 Å². The Morgan fingerprint density at radius 1 is 1.37 bits per heavy atom. The maximum Gasteiger partial charge on any atom is 0.358 e. The summed E-state index contributed by atoms with van der Waals surface area (Å²) in [6.45, 7) is 0. The number of rotatable bonds is 3. The topological polar surface area (TPSA) is 64.1 Å². The summed E-state index contributed by atoms with van der Waals surface area (Å²) in [4.78, 5) is 19.1. The van der Waals surface area contributed by atoms with Crippen molar-refractivity contribution >= 4 is 33.4 Å². The molecule has 2 rings (SSSR count). The molecule has 1 aromatic carbocycles. The minimum Gasteiger partial charge on any atom is -0.464 e. The van der Waals surface area contributed by atoms with E-state index in [-0.39, 0.29) is 11.5 Å². The van der Waals surface area contributed by atoms with E-state index >= 15 is 0 Å². The average molecular weight is 326 g/mol. The van der Waals surface area contributed by atoms with Gasteiger partial charge in [-0.1, -0.05) is 0 Å². The van der Waals surface area contributed by atoms with Gasteiger partial charge >= 0.3 is 5.97 Å². The zero-order valence-electron chi connectivity index (χ0n) is 9.85. The molecule has 0 saturated heterocycles. The first-order valence-electron chi connectivity index (χ1n) is 5.22. The van der Waals surface area contributed by atoms with Crippen molar-refractivity contribution in [2.24, 2.45) is 0 Å². The number of aromatic nitrogens is 2. The maximum absolute atomic E-state index is 12.9. The lowest BCUT2D eigenvalue weighted by Gasteiger charge is -2.07. The van der Waals surface area contributed by atoms with Crippen LogP contribution in [0.25, 0.3) is 0 Å². The molecule has 2 aromatic rings. The lowest BCUT2D eigenvalue weighted by molar-refractivity contribution is 0.0593. The molecule has 0 saturated carbocycles. The smallest absolute Gasteiger partial charge is 0.358 e. The SMILES string of the molecule is COC(=O)c1cnc(Nc2ccc(F)cc2Br)cn1. The summed E-state index contributed by atoms with van der Waals surface area (Å²) < 4.78 is 18.0. The molecular formula is C12H9BrFN3O2. The van der Waals surface area contributed by atoms with Crippen LogP contribution in [0.1, 0.15) is 10.5 Å². The van der Waals surface area contributed by atoms with Crippen LogP contribution < -0.4 is 5.32 Å². The zero-order chi connectivity index (χ0) is 13.8. The van der Waals surface area contributed by atoms with Crippen molar-refractivity contribution in [3.05, 3.63) is 46.6 Å². The van der Waals surface area contributed by atoms with Gasteiger partial charge in [0.15, 0.2) is 5.69 Å². The lowest BCUT2D eigenvalue weighted by atomic mass is 10.3. The molecule has 1 aromatic heterocycles. The average Bonchev–Trinajstić information content (AvgIpc) is 2.42. The van der Waals surface area contributed by atoms with Gasteiger partial charge in [0, 0.05) is 4.47 Å². The fraction of sp³-hybridized carbons (Fsp3) is 0.0833. The third-order valence-corrected chi connectivity index (χ3v) is 2.90. The third kappa shape index (κ3) is 3.25. The Hall–Kier alpha value is -2.02. The van der Waals surface area contributed by atoms with E-state index in [2.05, 4.69) is 36.0 Å². The van der Waals surface area contributed by atoms with E-state index in [1.807, 2.05) is 0 Å². The molecule has 0 aliphatic rings. The van der Waals surface area contributed by atoms with Crippen LogP contribution >= 0.6 is 15.9 Å². The van der Waals surface area contributed by atoms with Gasteiger partial charge in [-0.05, 0) is 34.1 Å². The summed E-state index contributed by atoms with van der Waals surface area (Å²) in [5.74, 6) is -0.466. The third-order valence-electron chi connectivity index (χ3n) is 2.24. The standard InChI is InChI=1S/C12H9BrFN3O2/c1-19-12(18)10-5-16-11(6-15-10)17-9-3-2-7(14)4-8(9)13/h2-6H,1H3,(H,16,17). The molecule has 0 aliphatic heterocycles. The second kappa shape index (κ2) is 5.75. The molecule has 0 bridgehead atoms. The predicted molar refractivity (Wildman–Crippen MR) is 70.8 cm³/mol. The number of carbonyl (C=O) groups excluding carboxylic acids is 1. The highest BCUT2D eigenvalue weighted by atomic mass is 79.9. The molecule has 0 unspecified atom stereocenters. The number of esters is 1. The van der Waals surface area contributed by atoms with Crippen LogP contribution in [-0.2, 0) is 4.74 Å². The van der Waals surface area contributed by atoms with Gasteiger partial charge in [0.1, 0.15) is 11.6 Å².